The Morgan fingerprint density at radius 1 is 1.03 bits per heavy atom. The summed E-state index contributed by atoms with van der Waals surface area (Å²) < 4.78 is 12.4. The largest absolute Gasteiger partial charge is 0.494 e. The summed E-state index contributed by atoms with van der Waals surface area (Å²) in [5.74, 6) is 2.12. The Balaban J connectivity index is 1.42. The minimum Gasteiger partial charge on any atom is -0.494 e. The van der Waals surface area contributed by atoms with Crippen LogP contribution in [0.25, 0.3) is 0 Å². The Morgan fingerprint density at radius 3 is 2.39 bits per heavy atom. The SMILES string of the molecule is CC(C)(C)c1ccc(OCC(=O)Nc2ccc(OCCC3CCCCC3)cc2)c(Br)c1. The van der Waals surface area contributed by atoms with Crippen molar-refractivity contribution in [2.45, 2.75) is 64.7 Å². The van der Waals surface area contributed by atoms with Crippen molar-refractivity contribution in [3.05, 3.63) is 52.5 Å². The lowest BCUT2D eigenvalue weighted by atomic mass is 9.87. The Bertz CT molecular complexity index is 852. The maximum absolute atomic E-state index is 12.3. The monoisotopic (exact) mass is 487 g/mol. The van der Waals surface area contributed by atoms with Gasteiger partial charge in [0.25, 0.3) is 5.91 Å². The molecule has 1 aliphatic rings. The number of hydrogen-bond donors (Lipinski definition) is 1. The summed E-state index contributed by atoms with van der Waals surface area (Å²) in [7, 11) is 0. The molecule has 0 spiro atoms. The molecule has 1 N–H and O–H groups in total. The second-order valence-electron chi connectivity index (χ2n) is 9.40. The zero-order chi connectivity index (χ0) is 22.3. The van der Waals surface area contributed by atoms with Gasteiger partial charge in [-0.25, -0.2) is 0 Å². The molecule has 1 fully saturated rings. The summed E-state index contributed by atoms with van der Waals surface area (Å²) in [6, 6.07) is 13.5. The average molecular weight is 488 g/mol. The van der Waals surface area contributed by atoms with Gasteiger partial charge >= 0.3 is 0 Å². The molecule has 0 atom stereocenters. The minimum absolute atomic E-state index is 0.0485. The van der Waals surface area contributed by atoms with Crippen LogP contribution in [0.15, 0.2) is 46.9 Å². The Morgan fingerprint density at radius 2 is 1.74 bits per heavy atom. The van der Waals surface area contributed by atoms with Crippen molar-refractivity contribution in [2.75, 3.05) is 18.5 Å². The highest BCUT2D eigenvalue weighted by Gasteiger charge is 2.16. The molecule has 1 amide bonds. The molecule has 0 saturated heterocycles. The van der Waals surface area contributed by atoms with Gasteiger partial charge < -0.3 is 14.8 Å². The van der Waals surface area contributed by atoms with Crippen LogP contribution in [0.2, 0.25) is 0 Å². The van der Waals surface area contributed by atoms with Crippen LogP contribution < -0.4 is 14.8 Å². The molecule has 3 rings (SSSR count). The normalized spacial score (nSPS) is 14.8. The fraction of sp³-hybridized carbons (Fsp3) is 0.500. The van der Waals surface area contributed by atoms with E-state index in [2.05, 4.69) is 42.0 Å². The lowest BCUT2D eigenvalue weighted by Crippen LogP contribution is -2.20. The number of anilines is 1. The lowest BCUT2D eigenvalue weighted by Gasteiger charge is -2.21. The van der Waals surface area contributed by atoms with E-state index in [1.54, 1.807) is 0 Å². The lowest BCUT2D eigenvalue weighted by molar-refractivity contribution is -0.118. The first-order valence-corrected chi connectivity index (χ1v) is 12.1. The van der Waals surface area contributed by atoms with E-state index < -0.39 is 0 Å². The standard InChI is InChI=1S/C26H34BrNO3/c1-26(2,3)20-9-14-24(23(27)17-20)31-18-25(29)28-21-10-12-22(13-11-21)30-16-15-19-7-5-4-6-8-19/h9-14,17,19H,4-8,15-16,18H2,1-3H3,(H,28,29). The van der Waals surface area contributed by atoms with E-state index in [1.165, 1.54) is 37.7 Å². The molecule has 0 radical (unpaired) electrons. The molecule has 2 aromatic rings. The van der Waals surface area contributed by atoms with Crippen LogP contribution >= 0.6 is 15.9 Å². The van der Waals surface area contributed by atoms with E-state index in [4.69, 9.17) is 9.47 Å². The predicted molar refractivity (Wildman–Crippen MR) is 130 cm³/mol. The quantitative estimate of drug-likeness (QED) is 0.431. The minimum atomic E-state index is -0.197. The first-order valence-electron chi connectivity index (χ1n) is 11.3. The van der Waals surface area contributed by atoms with Gasteiger partial charge in [-0.1, -0.05) is 58.9 Å². The number of benzene rings is 2. The third-order valence-electron chi connectivity index (χ3n) is 5.81. The molecule has 1 aliphatic carbocycles. The van der Waals surface area contributed by atoms with E-state index in [0.29, 0.717) is 5.75 Å². The van der Waals surface area contributed by atoms with Gasteiger partial charge in [-0.15, -0.1) is 0 Å². The third kappa shape index (κ3) is 7.57. The number of hydrogen-bond acceptors (Lipinski definition) is 3. The van der Waals surface area contributed by atoms with Crippen molar-refractivity contribution >= 4 is 27.5 Å². The summed E-state index contributed by atoms with van der Waals surface area (Å²) in [6.45, 7) is 7.20. The molecule has 31 heavy (non-hydrogen) atoms. The molecule has 0 unspecified atom stereocenters. The Hall–Kier alpha value is -2.01. The zero-order valence-electron chi connectivity index (χ0n) is 18.9. The van der Waals surface area contributed by atoms with Gasteiger partial charge in [-0.05, 0) is 75.6 Å². The predicted octanol–water partition coefficient (Wildman–Crippen LogP) is 7.11. The number of rotatable bonds is 8. The Kier molecular flexibility index (Phi) is 8.42. The maximum atomic E-state index is 12.3. The van der Waals surface area contributed by atoms with Gasteiger partial charge in [0.1, 0.15) is 11.5 Å². The van der Waals surface area contributed by atoms with Crippen LogP contribution in [0, 0.1) is 5.92 Å². The van der Waals surface area contributed by atoms with Crippen molar-refractivity contribution in [1.82, 2.24) is 0 Å². The van der Waals surface area contributed by atoms with Gasteiger partial charge in [-0.3, -0.25) is 4.79 Å². The summed E-state index contributed by atoms with van der Waals surface area (Å²) in [6.07, 6.45) is 7.92. The van der Waals surface area contributed by atoms with Gasteiger partial charge in [0.05, 0.1) is 11.1 Å². The van der Waals surface area contributed by atoms with E-state index in [1.807, 2.05) is 42.5 Å². The number of ether oxygens (including phenoxy) is 2. The summed E-state index contributed by atoms with van der Waals surface area (Å²) >= 11 is 3.54. The molecule has 168 valence electrons. The fourth-order valence-electron chi connectivity index (χ4n) is 3.88. The molecule has 0 bridgehead atoms. The van der Waals surface area contributed by atoms with Crippen molar-refractivity contribution in [3.8, 4) is 11.5 Å². The summed E-state index contributed by atoms with van der Waals surface area (Å²) in [4.78, 5) is 12.3. The zero-order valence-corrected chi connectivity index (χ0v) is 20.5. The van der Waals surface area contributed by atoms with Crippen LogP contribution in [0.4, 0.5) is 5.69 Å². The molecule has 2 aromatic carbocycles. The number of carbonyl (C=O) groups excluding carboxylic acids is 1. The van der Waals surface area contributed by atoms with Crippen molar-refractivity contribution in [3.63, 3.8) is 0 Å². The molecule has 1 saturated carbocycles. The van der Waals surface area contributed by atoms with E-state index >= 15 is 0 Å². The highest BCUT2D eigenvalue weighted by Crippen LogP contribution is 2.31. The van der Waals surface area contributed by atoms with Crippen LogP contribution in [-0.2, 0) is 10.2 Å². The van der Waals surface area contributed by atoms with Crippen LogP contribution in [-0.4, -0.2) is 19.1 Å². The van der Waals surface area contributed by atoms with Gasteiger partial charge in [0, 0.05) is 5.69 Å². The van der Waals surface area contributed by atoms with Gasteiger partial charge in [0.15, 0.2) is 6.61 Å². The molecule has 0 aromatic heterocycles. The van der Waals surface area contributed by atoms with Crippen LogP contribution in [0.3, 0.4) is 0 Å². The summed E-state index contributed by atoms with van der Waals surface area (Å²) in [5.41, 5.74) is 2.00. The van der Waals surface area contributed by atoms with E-state index in [9.17, 15) is 4.79 Å². The highest BCUT2D eigenvalue weighted by molar-refractivity contribution is 9.10. The first-order chi connectivity index (χ1) is 14.8. The van der Waals surface area contributed by atoms with Gasteiger partial charge in [0.2, 0.25) is 0 Å². The Labute approximate surface area is 194 Å². The van der Waals surface area contributed by atoms with E-state index in [0.717, 1.165) is 34.9 Å². The second kappa shape index (κ2) is 11.0. The van der Waals surface area contributed by atoms with Crippen molar-refractivity contribution < 1.29 is 14.3 Å². The number of amides is 1. The molecule has 5 heteroatoms. The smallest absolute Gasteiger partial charge is 0.262 e. The number of halogens is 1. The third-order valence-corrected chi connectivity index (χ3v) is 6.43. The highest BCUT2D eigenvalue weighted by atomic mass is 79.9. The molecule has 0 heterocycles. The fourth-order valence-corrected chi connectivity index (χ4v) is 4.37. The van der Waals surface area contributed by atoms with E-state index in [-0.39, 0.29) is 17.9 Å². The maximum Gasteiger partial charge on any atom is 0.262 e. The van der Waals surface area contributed by atoms with Gasteiger partial charge in [-0.2, -0.15) is 0 Å². The average Bonchev–Trinajstić information content (AvgIpc) is 2.74. The summed E-state index contributed by atoms with van der Waals surface area (Å²) in [5, 5.41) is 2.87. The van der Waals surface area contributed by atoms with Crippen molar-refractivity contribution in [2.24, 2.45) is 5.92 Å². The van der Waals surface area contributed by atoms with Crippen molar-refractivity contribution in [1.29, 1.82) is 0 Å². The first kappa shape index (κ1) is 23.6. The number of carbonyl (C=O) groups is 1. The molecule has 4 nitrogen and oxygen atoms in total. The van der Waals surface area contributed by atoms with Crippen LogP contribution in [0.1, 0.15) is 64.9 Å². The molecular weight excluding hydrogens is 454 g/mol. The molecular formula is C26H34BrNO3. The molecule has 0 aliphatic heterocycles. The number of nitrogens with one attached hydrogen (secondary N) is 1. The second-order valence-corrected chi connectivity index (χ2v) is 10.3. The van der Waals surface area contributed by atoms with Crippen LogP contribution in [0.5, 0.6) is 11.5 Å². The topological polar surface area (TPSA) is 47.6 Å².